The summed E-state index contributed by atoms with van der Waals surface area (Å²) in [6.45, 7) is 14.1. The minimum absolute atomic E-state index is 0.291. The summed E-state index contributed by atoms with van der Waals surface area (Å²) in [6, 6.07) is 21.6. The molecule has 0 saturated carbocycles. The van der Waals surface area contributed by atoms with Crippen LogP contribution in [0.5, 0.6) is 0 Å². The third kappa shape index (κ3) is 9.48. The lowest BCUT2D eigenvalue weighted by Crippen LogP contribution is -2.24. The van der Waals surface area contributed by atoms with Crippen LogP contribution in [0.2, 0.25) is 0 Å². The van der Waals surface area contributed by atoms with Gasteiger partial charge in [-0.15, -0.1) is 0 Å². The number of anilines is 1. The lowest BCUT2D eigenvalue weighted by Gasteiger charge is -2.26. The van der Waals surface area contributed by atoms with Crippen LogP contribution in [0.25, 0.3) is 5.57 Å². The van der Waals surface area contributed by atoms with Gasteiger partial charge >= 0.3 is 5.97 Å². The van der Waals surface area contributed by atoms with Crippen LogP contribution in [-0.4, -0.2) is 17.6 Å². The van der Waals surface area contributed by atoms with Crippen LogP contribution in [0.1, 0.15) is 92.4 Å². The second-order valence-electron chi connectivity index (χ2n) is 9.50. The van der Waals surface area contributed by atoms with Crippen molar-refractivity contribution in [2.45, 2.75) is 79.2 Å². The number of carboxylic acid groups (broad SMARTS) is 1. The molecule has 204 valence electrons. The fourth-order valence-electron chi connectivity index (χ4n) is 4.43. The Morgan fingerprint density at radius 1 is 0.842 bits per heavy atom. The Bertz CT molecular complexity index is 1140. The molecule has 0 bridgehead atoms. The molecule has 0 aliphatic carbocycles. The summed E-state index contributed by atoms with van der Waals surface area (Å²) >= 11 is 0. The highest BCUT2D eigenvalue weighted by Crippen LogP contribution is 2.24. The van der Waals surface area contributed by atoms with Crippen LogP contribution in [0.3, 0.4) is 0 Å². The first-order valence-corrected chi connectivity index (χ1v) is 14.0. The molecule has 0 radical (unpaired) electrons. The number of aryl methyl sites for hydroxylation is 1. The lowest BCUT2D eigenvalue weighted by molar-refractivity contribution is 0.0692. The highest BCUT2D eigenvalue weighted by molar-refractivity contribution is 5.89. The largest absolute Gasteiger partial charge is 0.478 e. The van der Waals surface area contributed by atoms with Crippen LogP contribution < -0.4 is 4.90 Å². The minimum atomic E-state index is -1.25. The summed E-state index contributed by atoms with van der Waals surface area (Å²) in [6.07, 6.45) is 7.48. The number of carboxylic acids is 1. The number of halogens is 1. The van der Waals surface area contributed by atoms with Crippen molar-refractivity contribution in [1.29, 1.82) is 0 Å². The monoisotopic (exact) mass is 517 g/mol. The van der Waals surface area contributed by atoms with E-state index in [4.69, 9.17) is 0 Å². The number of rotatable bonds is 14. The molecule has 0 fully saturated rings. The number of aromatic carboxylic acids is 1. The number of benzene rings is 3. The molecule has 4 heteroatoms. The van der Waals surface area contributed by atoms with Crippen molar-refractivity contribution in [3.63, 3.8) is 0 Å². The molecule has 0 aromatic heterocycles. The van der Waals surface area contributed by atoms with Gasteiger partial charge in [0.2, 0.25) is 0 Å². The van der Waals surface area contributed by atoms with E-state index in [2.05, 4.69) is 73.9 Å². The Hall–Kier alpha value is -3.40. The molecule has 3 aromatic rings. The molecule has 0 amide bonds. The molecule has 38 heavy (non-hydrogen) atoms. The van der Waals surface area contributed by atoms with E-state index in [-0.39, 0.29) is 5.56 Å². The predicted octanol–water partition coefficient (Wildman–Crippen LogP) is 9.35. The van der Waals surface area contributed by atoms with Crippen LogP contribution in [0.4, 0.5) is 10.1 Å². The Morgan fingerprint density at radius 3 is 2.08 bits per heavy atom. The SMILES string of the molecule is C=C(Cc1ccc(CCC)cc1)c1ccc(CN(CCCCCC)c2ccc(F)c(C(=O)O)c2)cc1.CC. The quantitative estimate of drug-likeness (QED) is 0.217. The van der Waals surface area contributed by atoms with Gasteiger partial charge in [-0.1, -0.05) is 108 Å². The molecule has 0 aliphatic rings. The number of unbranched alkanes of at least 4 members (excludes halogenated alkanes) is 3. The van der Waals surface area contributed by atoms with Crippen molar-refractivity contribution in [2.75, 3.05) is 11.4 Å². The van der Waals surface area contributed by atoms with E-state index in [1.54, 1.807) is 6.07 Å². The molecule has 3 nitrogen and oxygen atoms in total. The maximum atomic E-state index is 14.0. The van der Waals surface area contributed by atoms with E-state index in [9.17, 15) is 14.3 Å². The first-order valence-electron chi connectivity index (χ1n) is 14.0. The number of hydrogen-bond acceptors (Lipinski definition) is 2. The van der Waals surface area contributed by atoms with Gasteiger partial charge in [0, 0.05) is 18.8 Å². The van der Waals surface area contributed by atoms with Gasteiger partial charge in [0.1, 0.15) is 5.82 Å². The average molecular weight is 518 g/mol. The van der Waals surface area contributed by atoms with Crippen molar-refractivity contribution in [2.24, 2.45) is 0 Å². The maximum Gasteiger partial charge on any atom is 0.338 e. The summed E-state index contributed by atoms with van der Waals surface area (Å²) in [5.74, 6) is -1.96. The first-order chi connectivity index (χ1) is 18.4. The molecular formula is C34H44FNO2. The third-order valence-electron chi connectivity index (χ3n) is 6.54. The molecule has 0 unspecified atom stereocenters. The molecule has 0 heterocycles. The van der Waals surface area contributed by atoms with E-state index in [1.807, 2.05) is 13.8 Å². The molecule has 0 spiro atoms. The van der Waals surface area contributed by atoms with Crippen LogP contribution in [-0.2, 0) is 19.4 Å². The second-order valence-corrected chi connectivity index (χ2v) is 9.50. The second kappa shape index (κ2) is 16.4. The van der Waals surface area contributed by atoms with Crippen LogP contribution >= 0.6 is 0 Å². The van der Waals surface area contributed by atoms with E-state index >= 15 is 0 Å². The molecular weight excluding hydrogens is 473 g/mol. The van der Waals surface area contributed by atoms with Crippen molar-refractivity contribution in [3.05, 3.63) is 107 Å². The molecule has 1 N–H and O–H groups in total. The summed E-state index contributed by atoms with van der Waals surface area (Å²) in [5, 5.41) is 9.37. The van der Waals surface area contributed by atoms with E-state index in [0.29, 0.717) is 6.54 Å². The normalized spacial score (nSPS) is 10.4. The molecule has 0 saturated heterocycles. The van der Waals surface area contributed by atoms with Crippen molar-refractivity contribution < 1.29 is 14.3 Å². The van der Waals surface area contributed by atoms with Crippen LogP contribution in [0.15, 0.2) is 73.3 Å². The van der Waals surface area contributed by atoms with E-state index < -0.39 is 11.8 Å². The van der Waals surface area contributed by atoms with Gasteiger partial charge in [0.15, 0.2) is 0 Å². The van der Waals surface area contributed by atoms with Crippen molar-refractivity contribution >= 4 is 17.2 Å². The lowest BCUT2D eigenvalue weighted by atomic mass is 9.97. The van der Waals surface area contributed by atoms with Crippen LogP contribution in [0, 0.1) is 5.82 Å². The van der Waals surface area contributed by atoms with Gasteiger partial charge in [-0.25, -0.2) is 9.18 Å². The minimum Gasteiger partial charge on any atom is -0.478 e. The zero-order valence-corrected chi connectivity index (χ0v) is 23.6. The van der Waals surface area contributed by atoms with Gasteiger partial charge in [0.25, 0.3) is 0 Å². The molecule has 3 rings (SSSR count). The number of hydrogen-bond donors (Lipinski definition) is 1. The third-order valence-corrected chi connectivity index (χ3v) is 6.54. The smallest absolute Gasteiger partial charge is 0.338 e. The van der Waals surface area contributed by atoms with Crippen molar-refractivity contribution in [3.8, 4) is 0 Å². The average Bonchev–Trinajstić information content (AvgIpc) is 2.93. The summed E-state index contributed by atoms with van der Waals surface area (Å²) in [7, 11) is 0. The molecule has 0 aliphatic heterocycles. The summed E-state index contributed by atoms with van der Waals surface area (Å²) < 4.78 is 14.0. The number of nitrogens with zero attached hydrogens (tertiary/aromatic N) is 1. The Kier molecular flexibility index (Phi) is 13.3. The summed E-state index contributed by atoms with van der Waals surface area (Å²) in [5.41, 5.74) is 6.37. The van der Waals surface area contributed by atoms with Gasteiger partial charge in [-0.05, 0) is 65.3 Å². The molecule has 3 aromatic carbocycles. The fourth-order valence-corrected chi connectivity index (χ4v) is 4.43. The highest BCUT2D eigenvalue weighted by atomic mass is 19.1. The maximum absolute atomic E-state index is 14.0. The van der Waals surface area contributed by atoms with Gasteiger partial charge in [-0.2, -0.15) is 0 Å². The number of allylic oxidation sites excluding steroid dienone is 1. The summed E-state index contributed by atoms with van der Waals surface area (Å²) in [4.78, 5) is 13.6. The zero-order chi connectivity index (χ0) is 27.9. The van der Waals surface area contributed by atoms with Crippen molar-refractivity contribution in [1.82, 2.24) is 0 Å². The Balaban J connectivity index is 0.00000247. The zero-order valence-electron chi connectivity index (χ0n) is 23.6. The molecule has 0 atom stereocenters. The van der Waals surface area contributed by atoms with Gasteiger partial charge in [-0.3, -0.25) is 0 Å². The Morgan fingerprint density at radius 2 is 1.47 bits per heavy atom. The Labute approximate surface area is 229 Å². The van der Waals surface area contributed by atoms with E-state index in [0.717, 1.165) is 73.9 Å². The van der Waals surface area contributed by atoms with Gasteiger partial charge in [0.05, 0.1) is 5.56 Å². The van der Waals surface area contributed by atoms with Gasteiger partial charge < -0.3 is 10.0 Å². The topological polar surface area (TPSA) is 40.5 Å². The fraction of sp³-hybridized carbons (Fsp3) is 0.382. The van der Waals surface area contributed by atoms with E-state index in [1.165, 1.54) is 23.3 Å². The predicted molar refractivity (Wildman–Crippen MR) is 160 cm³/mol. The highest BCUT2D eigenvalue weighted by Gasteiger charge is 2.15. The number of carbonyl (C=O) groups is 1. The first kappa shape index (κ1) is 30.8. The standard InChI is InChI=1S/C32H38FNO2.C2H6/c1-4-6-7-8-20-34(29-18-19-31(33)30(22-29)32(35)36)23-27-14-16-28(17-15-27)24(3)21-26-12-10-25(9-5-2)11-13-26;1-2/h10-19,22H,3-9,20-21,23H2,1-2H3,(H,35,36);1-2H3.